The fourth-order valence-electron chi connectivity index (χ4n) is 2.85. The molecule has 1 rings (SSSR count). The number of carbonyl (C=O) groups excluding carboxylic acids is 1. The molecule has 0 heterocycles. The van der Waals surface area contributed by atoms with Gasteiger partial charge in [0.05, 0.1) is 6.10 Å². The van der Waals surface area contributed by atoms with Crippen molar-refractivity contribution in [1.82, 2.24) is 5.32 Å². The summed E-state index contributed by atoms with van der Waals surface area (Å²) < 4.78 is 5.41. The van der Waals surface area contributed by atoms with Crippen LogP contribution in [0.5, 0.6) is 0 Å². The highest BCUT2D eigenvalue weighted by molar-refractivity contribution is 5.78. The van der Waals surface area contributed by atoms with Crippen LogP contribution in [0.1, 0.15) is 84.5 Å². The second-order valence-electron chi connectivity index (χ2n) is 6.36. The molecule has 1 saturated carbocycles. The largest absolute Gasteiger partial charge is 0.359 e. The highest BCUT2D eigenvalue weighted by Crippen LogP contribution is 2.21. The fourth-order valence-corrected chi connectivity index (χ4v) is 2.85. The van der Waals surface area contributed by atoms with Gasteiger partial charge in [-0.15, -0.1) is 0 Å². The lowest BCUT2D eigenvalue weighted by atomic mass is 9.92. The predicted molar refractivity (Wildman–Crippen MR) is 83.5 cm³/mol. The minimum atomic E-state index is 0.173. The second kappa shape index (κ2) is 11.1. The first-order chi connectivity index (χ1) is 9.70. The minimum absolute atomic E-state index is 0.173. The van der Waals surface area contributed by atoms with E-state index in [1.807, 2.05) is 13.8 Å². The Kier molecular flexibility index (Phi) is 9.73. The van der Waals surface area contributed by atoms with Gasteiger partial charge in [-0.2, -0.15) is 0 Å². The highest BCUT2D eigenvalue weighted by atomic mass is 16.5. The summed E-state index contributed by atoms with van der Waals surface area (Å²) in [5.74, 6) is 0.396. The van der Waals surface area contributed by atoms with Crippen LogP contribution in [0, 0.1) is 5.92 Å². The van der Waals surface area contributed by atoms with Crippen LogP contribution in [0.3, 0.4) is 0 Å². The Labute approximate surface area is 124 Å². The van der Waals surface area contributed by atoms with E-state index in [1.165, 1.54) is 57.8 Å². The van der Waals surface area contributed by atoms with E-state index < -0.39 is 0 Å². The number of ether oxygens (including phenoxy) is 1. The molecule has 1 aliphatic rings. The lowest BCUT2D eigenvalue weighted by Gasteiger charge is -2.18. The summed E-state index contributed by atoms with van der Waals surface area (Å²) in [5, 5.41) is 2.93. The number of rotatable bonds is 4. The lowest BCUT2D eigenvalue weighted by Crippen LogP contribution is -2.33. The molecule has 0 atom stereocenters. The standard InChI is InChI=1S/C17H33NO2/c1-15(2)20-14-18-17(19)16-12-10-8-6-4-3-5-7-9-11-13-16/h15-16H,3-14H2,1-2H3,(H,18,19). The fraction of sp³-hybridized carbons (Fsp3) is 0.941. The molecule has 0 aromatic carbocycles. The van der Waals surface area contributed by atoms with Crippen LogP contribution >= 0.6 is 0 Å². The SMILES string of the molecule is CC(C)OCNC(=O)C1CCCCCCCCCCC1. The molecule has 1 aliphatic carbocycles. The third kappa shape index (κ3) is 8.57. The molecule has 0 aliphatic heterocycles. The van der Waals surface area contributed by atoms with Gasteiger partial charge in [-0.1, -0.05) is 57.8 Å². The van der Waals surface area contributed by atoms with Gasteiger partial charge in [-0.3, -0.25) is 4.79 Å². The molecular weight excluding hydrogens is 250 g/mol. The normalized spacial score (nSPS) is 20.1. The van der Waals surface area contributed by atoms with Gasteiger partial charge in [0.25, 0.3) is 0 Å². The number of hydrogen-bond acceptors (Lipinski definition) is 2. The molecule has 20 heavy (non-hydrogen) atoms. The van der Waals surface area contributed by atoms with Gasteiger partial charge in [-0.05, 0) is 26.7 Å². The topological polar surface area (TPSA) is 38.3 Å². The maximum absolute atomic E-state index is 12.2. The van der Waals surface area contributed by atoms with Crippen LogP contribution in [0.25, 0.3) is 0 Å². The van der Waals surface area contributed by atoms with Crippen molar-refractivity contribution in [3.8, 4) is 0 Å². The molecule has 0 saturated heterocycles. The molecule has 0 unspecified atom stereocenters. The van der Waals surface area contributed by atoms with Gasteiger partial charge in [-0.25, -0.2) is 0 Å². The van der Waals surface area contributed by atoms with Crippen LogP contribution in [0.15, 0.2) is 0 Å². The first kappa shape index (κ1) is 17.5. The summed E-state index contributed by atoms with van der Waals surface area (Å²) in [4.78, 5) is 12.2. The van der Waals surface area contributed by atoms with Crippen LogP contribution in [0.4, 0.5) is 0 Å². The monoisotopic (exact) mass is 283 g/mol. The third-order valence-corrected chi connectivity index (χ3v) is 4.14. The molecule has 0 spiro atoms. The van der Waals surface area contributed by atoms with Crippen LogP contribution in [0.2, 0.25) is 0 Å². The maximum Gasteiger partial charge on any atom is 0.224 e. The molecule has 0 radical (unpaired) electrons. The zero-order valence-electron chi connectivity index (χ0n) is 13.5. The molecule has 3 heteroatoms. The number of nitrogens with one attached hydrogen (secondary N) is 1. The van der Waals surface area contributed by atoms with Crippen LogP contribution < -0.4 is 5.32 Å². The summed E-state index contributed by atoms with van der Waals surface area (Å²) in [6, 6.07) is 0. The Hall–Kier alpha value is -0.570. The average molecular weight is 283 g/mol. The van der Waals surface area contributed by atoms with Gasteiger partial charge in [0.1, 0.15) is 6.73 Å². The smallest absolute Gasteiger partial charge is 0.224 e. The van der Waals surface area contributed by atoms with Gasteiger partial charge in [0, 0.05) is 5.92 Å². The summed E-state index contributed by atoms with van der Waals surface area (Å²) >= 11 is 0. The predicted octanol–water partition coefficient (Wildman–Crippen LogP) is 4.41. The zero-order chi connectivity index (χ0) is 14.6. The van der Waals surface area contributed by atoms with Crippen molar-refractivity contribution < 1.29 is 9.53 Å². The van der Waals surface area contributed by atoms with E-state index >= 15 is 0 Å². The van der Waals surface area contributed by atoms with Crippen molar-refractivity contribution in [2.75, 3.05) is 6.73 Å². The molecule has 0 bridgehead atoms. The van der Waals surface area contributed by atoms with Gasteiger partial charge >= 0.3 is 0 Å². The average Bonchev–Trinajstić information content (AvgIpc) is 2.38. The zero-order valence-corrected chi connectivity index (χ0v) is 13.5. The molecule has 0 aromatic heterocycles. The Morgan fingerprint density at radius 3 is 1.85 bits per heavy atom. The first-order valence-electron chi connectivity index (χ1n) is 8.59. The van der Waals surface area contributed by atoms with E-state index in [9.17, 15) is 4.79 Å². The molecule has 1 amide bonds. The second-order valence-corrected chi connectivity index (χ2v) is 6.36. The van der Waals surface area contributed by atoms with Gasteiger partial charge < -0.3 is 10.1 Å². The lowest BCUT2D eigenvalue weighted by molar-refractivity contribution is -0.127. The Morgan fingerprint density at radius 2 is 1.40 bits per heavy atom. The molecule has 1 N–H and O–H groups in total. The van der Waals surface area contributed by atoms with Crippen molar-refractivity contribution in [3.05, 3.63) is 0 Å². The van der Waals surface area contributed by atoms with Crippen molar-refractivity contribution in [3.63, 3.8) is 0 Å². The van der Waals surface area contributed by atoms with Crippen molar-refractivity contribution in [1.29, 1.82) is 0 Å². The van der Waals surface area contributed by atoms with E-state index in [2.05, 4.69) is 5.32 Å². The third-order valence-electron chi connectivity index (χ3n) is 4.14. The minimum Gasteiger partial charge on any atom is -0.359 e. The number of carbonyl (C=O) groups is 1. The van der Waals surface area contributed by atoms with Gasteiger partial charge in [0.15, 0.2) is 0 Å². The van der Waals surface area contributed by atoms with Crippen molar-refractivity contribution in [2.45, 2.75) is 90.6 Å². The first-order valence-corrected chi connectivity index (χ1v) is 8.59. The quantitative estimate of drug-likeness (QED) is 0.776. The number of amides is 1. The van der Waals surface area contributed by atoms with Crippen LogP contribution in [-0.2, 0) is 9.53 Å². The van der Waals surface area contributed by atoms with E-state index in [4.69, 9.17) is 4.74 Å². The Bertz CT molecular complexity index is 241. The summed E-state index contributed by atoms with van der Waals surface area (Å²) in [6.07, 6.45) is 14.1. The summed E-state index contributed by atoms with van der Waals surface area (Å²) in [5.41, 5.74) is 0. The summed E-state index contributed by atoms with van der Waals surface area (Å²) in [7, 11) is 0. The van der Waals surface area contributed by atoms with E-state index in [0.29, 0.717) is 6.73 Å². The Morgan fingerprint density at radius 1 is 0.950 bits per heavy atom. The number of hydrogen-bond donors (Lipinski definition) is 1. The van der Waals surface area contributed by atoms with Gasteiger partial charge in [0.2, 0.25) is 5.91 Å². The molecule has 1 fully saturated rings. The Balaban J connectivity index is 2.31. The van der Waals surface area contributed by atoms with Crippen molar-refractivity contribution in [2.24, 2.45) is 5.92 Å². The molecule has 0 aromatic rings. The van der Waals surface area contributed by atoms with E-state index in [1.54, 1.807) is 0 Å². The molecular formula is C17H33NO2. The summed E-state index contributed by atoms with van der Waals surface area (Å²) in [6.45, 7) is 4.33. The molecule has 3 nitrogen and oxygen atoms in total. The maximum atomic E-state index is 12.2. The van der Waals surface area contributed by atoms with Crippen molar-refractivity contribution >= 4 is 5.91 Å². The molecule has 118 valence electrons. The highest BCUT2D eigenvalue weighted by Gasteiger charge is 2.17. The van der Waals surface area contributed by atoms with E-state index in [-0.39, 0.29) is 17.9 Å². The van der Waals surface area contributed by atoms with Crippen LogP contribution in [-0.4, -0.2) is 18.7 Å². The van der Waals surface area contributed by atoms with E-state index in [0.717, 1.165) is 12.8 Å².